The third-order valence-corrected chi connectivity index (χ3v) is 6.36. The third kappa shape index (κ3) is 2.47. The van der Waals surface area contributed by atoms with E-state index in [4.69, 9.17) is 11.6 Å². The van der Waals surface area contributed by atoms with Gasteiger partial charge in [0.25, 0.3) is 0 Å². The van der Waals surface area contributed by atoms with E-state index in [2.05, 4.69) is 9.98 Å². The molecule has 0 atom stereocenters. The number of para-hydroxylation sites is 1. The van der Waals surface area contributed by atoms with E-state index in [1.807, 2.05) is 54.9 Å². The molecular formula is C17H12ClN3OS2. The van der Waals surface area contributed by atoms with Crippen LogP contribution in [0.15, 0.2) is 41.4 Å². The molecule has 4 nitrogen and oxygen atoms in total. The molecule has 7 heteroatoms. The van der Waals surface area contributed by atoms with Crippen LogP contribution in [0.4, 0.5) is 0 Å². The second-order valence-corrected chi connectivity index (χ2v) is 7.81. The van der Waals surface area contributed by atoms with Crippen molar-refractivity contribution in [3.63, 3.8) is 0 Å². The molecule has 0 unspecified atom stereocenters. The lowest BCUT2D eigenvalue weighted by Gasteiger charge is -2.01. The monoisotopic (exact) mass is 373 g/mol. The highest BCUT2D eigenvalue weighted by Crippen LogP contribution is 2.27. The zero-order chi connectivity index (χ0) is 16.8. The lowest BCUT2D eigenvalue weighted by molar-refractivity contribution is 0.0998. The average Bonchev–Trinajstić information content (AvgIpc) is 3.13. The van der Waals surface area contributed by atoms with E-state index < -0.39 is 0 Å². The number of thiazole rings is 2. The summed E-state index contributed by atoms with van der Waals surface area (Å²) in [5.41, 5.74) is 2.81. The van der Waals surface area contributed by atoms with Crippen LogP contribution in [0.1, 0.15) is 15.4 Å². The molecule has 0 spiro atoms. The molecule has 0 saturated heterocycles. The van der Waals surface area contributed by atoms with Crippen molar-refractivity contribution in [2.45, 2.75) is 6.92 Å². The summed E-state index contributed by atoms with van der Waals surface area (Å²) in [4.78, 5) is 21.8. The molecule has 2 aromatic carbocycles. The molecule has 0 aliphatic rings. The van der Waals surface area contributed by atoms with Gasteiger partial charge >= 0.3 is 5.91 Å². The molecule has 4 aromatic rings. The summed E-state index contributed by atoms with van der Waals surface area (Å²) in [5.74, 6) is -0.317. The summed E-state index contributed by atoms with van der Waals surface area (Å²) in [6.45, 7) is 1.97. The van der Waals surface area contributed by atoms with Crippen molar-refractivity contribution < 1.29 is 4.79 Å². The summed E-state index contributed by atoms with van der Waals surface area (Å²) in [5, 5.41) is 1.11. The van der Waals surface area contributed by atoms with E-state index in [0.717, 1.165) is 26.0 Å². The molecule has 0 bridgehead atoms. The van der Waals surface area contributed by atoms with Crippen LogP contribution >= 0.6 is 34.3 Å². The SMILES string of the molecule is Cc1c(Cl)ccc2sc(=NC(=O)c3nc4ccccc4s3)n(C)c12. The second kappa shape index (κ2) is 5.81. The summed E-state index contributed by atoms with van der Waals surface area (Å²) in [6, 6.07) is 11.5. The fraction of sp³-hybridized carbons (Fsp3) is 0.118. The van der Waals surface area contributed by atoms with Gasteiger partial charge in [-0.25, -0.2) is 4.98 Å². The van der Waals surface area contributed by atoms with Gasteiger partial charge in [-0.3, -0.25) is 4.79 Å². The lowest BCUT2D eigenvalue weighted by atomic mass is 10.2. The average molecular weight is 374 g/mol. The minimum Gasteiger partial charge on any atom is -0.319 e. The highest BCUT2D eigenvalue weighted by atomic mass is 35.5. The van der Waals surface area contributed by atoms with E-state index in [1.165, 1.54) is 22.7 Å². The van der Waals surface area contributed by atoms with Crippen LogP contribution in [0.5, 0.6) is 0 Å². The number of benzene rings is 2. The van der Waals surface area contributed by atoms with Crippen LogP contribution in [-0.2, 0) is 7.05 Å². The van der Waals surface area contributed by atoms with Gasteiger partial charge in [-0.1, -0.05) is 35.1 Å². The van der Waals surface area contributed by atoms with E-state index in [9.17, 15) is 4.79 Å². The Balaban J connectivity index is 1.85. The van der Waals surface area contributed by atoms with Crippen LogP contribution in [0.2, 0.25) is 5.02 Å². The van der Waals surface area contributed by atoms with Gasteiger partial charge in [0.2, 0.25) is 0 Å². The van der Waals surface area contributed by atoms with Crippen LogP contribution in [-0.4, -0.2) is 15.5 Å². The Morgan fingerprint density at radius 3 is 2.75 bits per heavy atom. The van der Waals surface area contributed by atoms with Gasteiger partial charge in [0.15, 0.2) is 9.81 Å². The Morgan fingerprint density at radius 1 is 1.17 bits per heavy atom. The highest BCUT2D eigenvalue weighted by Gasteiger charge is 2.13. The maximum Gasteiger partial charge on any atom is 0.308 e. The minimum atomic E-state index is -0.317. The Morgan fingerprint density at radius 2 is 1.96 bits per heavy atom. The van der Waals surface area contributed by atoms with E-state index in [-0.39, 0.29) is 5.91 Å². The smallest absolute Gasteiger partial charge is 0.308 e. The van der Waals surface area contributed by atoms with Gasteiger partial charge in [-0.05, 0) is 36.8 Å². The Hall–Kier alpha value is -2.02. The normalized spacial score (nSPS) is 12.4. The van der Waals surface area contributed by atoms with Crippen molar-refractivity contribution in [2.24, 2.45) is 12.0 Å². The van der Waals surface area contributed by atoms with Crippen LogP contribution in [0.25, 0.3) is 20.4 Å². The third-order valence-electron chi connectivity index (χ3n) is 3.83. The predicted molar refractivity (Wildman–Crippen MR) is 100 cm³/mol. The summed E-state index contributed by atoms with van der Waals surface area (Å²) < 4.78 is 3.95. The van der Waals surface area contributed by atoms with Crippen molar-refractivity contribution >= 4 is 60.6 Å². The Kier molecular flexibility index (Phi) is 3.75. The minimum absolute atomic E-state index is 0.317. The number of rotatable bonds is 1. The maximum absolute atomic E-state index is 12.5. The molecule has 0 aliphatic carbocycles. The van der Waals surface area contributed by atoms with E-state index >= 15 is 0 Å². The van der Waals surface area contributed by atoms with Crippen molar-refractivity contribution in [1.82, 2.24) is 9.55 Å². The Labute approximate surface area is 150 Å². The lowest BCUT2D eigenvalue weighted by Crippen LogP contribution is -2.13. The molecule has 1 amide bonds. The number of carbonyl (C=O) groups excluding carboxylic acids is 1. The number of hydrogen-bond acceptors (Lipinski definition) is 4. The molecule has 120 valence electrons. The predicted octanol–water partition coefficient (Wildman–Crippen LogP) is 4.55. The molecular weight excluding hydrogens is 362 g/mol. The quantitative estimate of drug-likeness (QED) is 0.491. The first-order chi connectivity index (χ1) is 11.5. The largest absolute Gasteiger partial charge is 0.319 e. The molecule has 2 aromatic heterocycles. The van der Waals surface area contributed by atoms with Crippen LogP contribution in [0.3, 0.4) is 0 Å². The molecule has 4 rings (SSSR count). The van der Waals surface area contributed by atoms with Crippen molar-refractivity contribution in [3.05, 3.63) is 56.8 Å². The number of hydrogen-bond donors (Lipinski definition) is 0. The van der Waals surface area contributed by atoms with Gasteiger partial charge in [-0.2, -0.15) is 4.99 Å². The fourth-order valence-corrected chi connectivity index (χ4v) is 4.69. The summed E-state index contributed by atoms with van der Waals surface area (Å²) >= 11 is 9.03. The zero-order valence-electron chi connectivity index (χ0n) is 12.9. The first kappa shape index (κ1) is 15.5. The van der Waals surface area contributed by atoms with E-state index in [0.29, 0.717) is 14.8 Å². The number of fused-ring (bicyclic) bond motifs is 2. The second-order valence-electron chi connectivity index (χ2n) is 5.37. The van der Waals surface area contributed by atoms with Gasteiger partial charge in [0.1, 0.15) is 0 Å². The molecule has 24 heavy (non-hydrogen) atoms. The number of halogens is 1. The summed E-state index contributed by atoms with van der Waals surface area (Å²) in [6.07, 6.45) is 0. The fourth-order valence-electron chi connectivity index (χ4n) is 2.61. The number of aromatic nitrogens is 2. The van der Waals surface area contributed by atoms with Gasteiger partial charge in [0, 0.05) is 12.1 Å². The number of aryl methyl sites for hydroxylation is 2. The van der Waals surface area contributed by atoms with Crippen molar-refractivity contribution in [3.8, 4) is 0 Å². The molecule has 0 fully saturated rings. The molecule has 2 heterocycles. The number of carbonyl (C=O) groups is 1. The van der Waals surface area contributed by atoms with Gasteiger partial charge < -0.3 is 4.57 Å². The topological polar surface area (TPSA) is 47.2 Å². The maximum atomic E-state index is 12.5. The van der Waals surface area contributed by atoms with Crippen LogP contribution in [0, 0.1) is 6.92 Å². The first-order valence-electron chi connectivity index (χ1n) is 7.24. The van der Waals surface area contributed by atoms with Crippen molar-refractivity contribution in [2.75, 3.05) is 0 Å². The first-order valence-corrected chi connectivity index (χ1v) is 9.25. The molecule has 0 N–H and O–H groups in total. The standard InChI is InChI=1S/C17H12ClN3OS2/c1-9-10(18)7-8-13-14(9)21(2)17(24-13)20-15(22)16-19-11-5-3-4-6-12(11)23-16/h3-8H,1-2H3. The van der Waals surface area contributed by atoms with Crippen molar-refractivity contribution in [1.29, 1.82) is 0 Å². The molecule has 0 saturated carbocycles. The summed E-state index contributed by atoms with van der Waals surface area (Å²) in [7, 11) is 1.90. The number of nitrogens with zero attached hydrogens (tertiary/aromatic N) is 3. The Bertz CT molecular complexity index is 1140. The zero-order valence-corrected chi connectivity index (χ0v) is 15.3. The molecule has 0 radical (unpaired) electrons. The highest BCUT2D eigenvalue weighted by molar-refractivity contribution is 7.20. The number of amides is 1. The van der Waals surface area contributed by atoms with Crippen LogP contribution < -0.4 is 4.80 Å². The van der Waals surface area contributed by atoms with E-state index in [1.54, 1.807) is 0 Å². The van der Waals surface area contributed by atoms with Gasteiger partial charge in [0.05, 0.1) is 20.4 Å². The van der Waals surface area contributed by atoms with Gasteiger partial charge in [-0.15, -0.1) is 11.3 Å². The molecule has 0 aliphatic heterocycles.